The molecule has 2 aliphatic rings. The molecule has 2 fully saturated rings. The third kappa shape index (κ3) is 5.45. The molecule has 1 saturated carbocycles. The number of amides is 2. The molecule has 0 radical (unpaired) electrons. The average Bonchev–Trinajstić information content (AvgIpc) is 2.83. The van der Waals surface area contributed by atoms with Crippen molar-refractivity contribution in [1.82, 2.24) is 10.6 Å². The third-order valence-electron chi connectivity index (χ3n) is 7.32. The smallest absolute Gasteiger partial charge is 0.239 e. The standard InChI is InChI=1S/C26H35N3O2/c30-24(18-22-12-9-11-21-10-3-4-13-23(21)22)27-19-25(31)28-20-26(14-5-1-6-15-26)29-16-7-2-8-17-29/h3-4,9-13H,1-2,5-8,14-20H2,(H,27,30)(H,28,31)/p+1. The van der Waals surface area contributed by atoms with E-state index in [1.54, 1.807) is 4.90 Å². The van der Waals surface area contributed by atoms with Gasteiger partial charge in [-0.2, -0.15) is 0 Å². The summed E-state index contributed by atoms with van der Waals surface area (Å²) in [5.41, 5.74) is 1.19. The van der Waals surface area contributed by atoms with Crippen molar-refractivity contribution in [2.24, 2.45) is 0 Å². The number of carbonyl (C=O) groups is 2. The van der Waals surface area contributed by atoms with Crippen LogP contribution in [0.2, 0.25) is 0 Å². The van der Waals surface area contributed by atoms with Crippen LogP contribution in [0.4, 0.5) is 0 Å². The van der Waals surface area contributed by atoms with Crippen LogP contribution in [-0.4, -0.2) is 43.5 Å². The highest BCUT2D eigenvalue weighted by molar-refractivity contribution is 5.91. The monoisotopic (exact) mass is 422 g/mol. The Morgan fingerprint density at radius 3 is 2.32 bits per heavy atom. The molecule has 0 aromatic heterocycles. The van der Waals surface area contributed by atoms with E-state index in [4.69, 9.17) is 0 Å². The zero-order valence-corrected chi connectivity index (χ0v) is 18.6. The van der Waals surface area contributed by atoms with Crippen molar-refractivity contribution >= 4 is 22.6 Å². The molecule has 3 N–H and O–H groups in total. The molecule has 0 unspecified atom stereocenters. The fourth-order valence-electron chi connectivity index (χ4n) is 5.58. The van der Waals surface area contributed by atoms with Crippen LogP contribution in [0.5, 0.6) is 0 Å². The van der Waals surface area contributed by atoms with Crippen molar-refractivity contribution in [2.75, 3.05) is 26.2 Å². The molecule has 0 bridgehead atoms. The minimum atomic E-state index is -0.111. The summed E-state index contributed by atoms with van der Waals surface area (Å²) in [6, 6.07) is 14.1. The molecule has 0 atom stereocenters. The Labute approximate surface area is 185 Å². The van der Waals surface area contributed by atoms with E-state index in [0.717, 1.165) is 22.9 Å². The lowest BCUT2D eigenvalue weighted by molar-refractivity contribution is -0.957. The highest BCUT2D eigenvalue weighted by Crippen LogP contribution is 2.26. The number of quaternary nitrogens is 1. The van der Waals surface area contributed by atoms with Gasteiger partial charge in [-0.1, -0.05) is 48.9 Å². The van der Waals surface area contributed by atoms with Gasteiger partial charge in [-0.15, -0.1) is 0 Å². The molecule has 31 heavy (non-hydrogen) atoms. The number of carbonyl (C=O) groups excluding carboxylic acids is 2. The molecule has 5 nitrogen and oxygen atoms in total. The van der Waals surface area contributed by atoms with Gasteiger partial charge >= 0.3 is 0 Å². The zero-order chi connectivity index (χ0) is 21.5. The quantitative estimate of drug-likeness (QED) is 0.642. The number of hydrogen-bond acceptors (Lipinski definition) is 2. The number of nitrogens with one attached hydrogen (secondary N) is 3. The number of benzene rings is 2. The molecule has 4 rings (SSSR count). The van der Waals surface area contributed by atoms with Crippen molar-refractivity contribution in [2.45, 2.75) is 63.3 Å². The minimum Gasteiger partial charge on any atom is -0.348 e. The first-order valence-corrected chi connectivity index (χ1v) is 12.0. The topological polar surface area (TPSA) is 62.6 Å². The normalized spacial score (nSPS) is 19.1. The molecular formula is C26H36N3O2+. The molecular weight excluding hydrogens is 386 g/mol. The Hall–Kier alpha value is -2.40. The van der Waals surface area contributed by atoms with Crippen molar-refractivity contribution in [3.05, 3.63) is 48.0 Å². The molecule has 166 valence electrons. The summed E-state index contributed by atoms with van der Waals surface area (Å²) >= 11 is 0. The fraction of sp³-hybridized carbons (Fsp3) is 0.538. The number of likely N-dealkylation sites (tertiary alicyclic amines) is 1. The Morgan fingerprint density at radius 1 is 0.806 bits per heavy atom. The average molecular weight is 423 g/mol. The van der Waals surface area contributed by atoms with Gasteiger partial charge in [-0.05, 0) is 48.4 Å². The van der Waals surface area contributed by atoms with Gasteiger partial charge < -0.3 is 15.5 Å². The Balaban J connectivity index is 1.28. The molecule has 2 aromatic rings. The molecule has 1 saturated heterocycles. The van der Waals surface area contributed by atoms with E-state index >= 15 is 0 Å². The summed E-state index contributed by atoms with van der Waals surface area (Å²) in [5, 5.41) is 8.20. The first kappa shape index (κ1) is 21.8. The lowest BCUT2D eigenvalue weighted by atomic mass is 9.79. The van der Waals surface area contributed by atoms with Crippen LogP contribution in [0.3, 0.4) is 0 Å². The largest absolute Gasteiger partial charge is 0.348 e. The summed E-state index contributed by atoms with van der Waals surface area (Å²) in [6.45, 7) is 3.25. The maximum absolute atomic E-state index is 12.5. The van der Waals surface area contributed by atoms with Crippen LogP contribution >= 0.6 is 0 Å². The van der Waals surface area contributed by atoms with Crippen molar-refractivity contribution in [3.8, 4) is 0 Å². The summed E-state index contributed by atoms with van der Waals surface area (Å²) < 4.78 is 0. The molecule has 2 aromatic carbocycles. The van der Waals surface area contributed by atoms with Crippen molar-refractivity contribution < 1.29 is 14.5 Å². The van der Waals surface area contributed by atoms with Gasteiger partial charge in [0.25, 0.3) is 0 Å². The summed E-state index contributed by atoms with van der Waals surface area (Å²) in [7, 11) is 0. The van der Waals surface area contributed by atoms with Gasteiger partial charge in [0.15, 0.2) is 0 Å². The predicted octanol–water partition coefficient (Wildman–Crippen LogP) is 2.39. The van der Waals surface area contributed by atoms with Gasteiger partial charge in [-0.25, -0.2) is 0 Å². The Kier molecular flexibility index (Phi) is 7.23. The summed E-state index contributed by atoms with van der Waals surface area (Å²) in [5.74, 6) is -0.187. The lowest BCUT2D eigenvalue weighted by Gasteiger charge is -2.45. The Bertz CT molecular complexity index is 893. The molecule has 5 heteroatoms. The van der Waals surface area contributed by atoms with E-state index in [9.17, 15) is 9.59 Å². The first-order valence-electron chi connectivity index (χ1n) is 12.0. The second-order valence-electron chi connectivity index (χ2n) is 9.37. The lowest BCUT2D eigenvalue weighted by Crippen LogP contribution is -3.22. The number of rotatable bonds is 7. The van der Waals surface area contributed by atoms with Gasteiger partial charge in [-0.3, -0.25) is 9.59 Å². The summed E-state index contributed by atoms with van der Waals surface area (Å²) in [4.78, 5) is 26.7. The molecule has 1 heterocycles. The molecule has 0 spiro atoms. The number of fused-ring (bicyclic) bond motifs is 1. The van der Waals surface area contributed by atoms with Gasteiger partial charge in [0.2, 0.25) is 11.8 Å². The second kappa shape index (κ2) is 10.3. The van der Waals surface area contributed by atoms with E-state index in [-0.39, 0.29) is 30.3 Å². The first-order chi connectivity index (χ1) is 15.2. The predicted molar refractivity (Wildman–Crippen MR) is 124 cm³/mol. The highest BCUT2D eigenvalue weighted by atomic mass is 16.2. The maximum atomic E-state index is 12.5. The third-order valence-corrected chi connectivity index (χ3v) is 7.32. The minimum absolute atomic E-state index is 0.0506. The molecule has 1 aliphatic carbocycles. The van der Waals surface area contributed by atoms with Crippen LogP contribution in [0.15, 0.2) is 42.5 Å². The van der Waals surface area contributed by atoms with Gasteiger partial charge in [0, 0.05) is 12.8 Å². The van der Waals surface area contributed by atoms with Crippen LogP contribution in [0.25, 0.3) is 10.8 Å². The van der Waals surface area contributed by atoms with E-state index in [1.165, 1.54) is 64.5 Å². The van der Waals surface area contributed by atoms with Gasteiger partial charge in [0.1, 0.15) is 5.54 Å². The summed E-state index contributed by atoms with van der Waals surface area (Å²) in [6.07, 6.45) is 10.5. The van der Waals surface area contributed by atoms with Crippen LogP contribution in [0.1, 0.15) is 56.9 Å². The zero-order valence-electron chi connectivity index (χ0n) is 18.6. The molecule has 1 aliphatic heterocycles. The number of hydrogen-bond donors (Lipinski definition) is 3. The second-order valence-corrected chi connectivity index (χ2v) is 9.37. The van der Waals surface area contributed by atoms with Crippen molar-refractivity contribution in [3.63, 3.8) is 0 Å². The van der Waals surface area contributed by atoms with E-state index in [2.05, 4.69) is 22.8 Å². The number of piperidine rings is 1. The van der Waals surface area contributed by atoms with E-state index < -0.39 is 0 Å². The van der Waals surface area contributed by atoms with E-state index in [1.807, 2.05) is 30.3 Å². The van der Waals surface area contributed by atoms with Crippen molar-refractivity contribution in [1.29, 1.82) is 0 Å². The molecule has 2 amide bonds. The van der Waals surface area contributed by atoms with E-state index in [0.29, 0.717) is 0 Å². The van der Waals surface area contributed by atoms with Gasteiger partial charge in [0.05, 0.1) is 32.6 Å². The fourth-order valence-corrected chi connectivity index (χ4v) is 5.58. The van der Waals surface area contributed by atoms with Crippen LogP contribution in [-0.2, 0) is 16.0 Å². The van der Waals surface area contributed by atoms with Crippen LogP contribution < -0.4 is 15.5 Å². The Morgan fingerprint density at radius 2 is 1.52 bits per heavy atom. The highest BCUT2D eigenvalue weighted by Gasteiger charge is 2.42. The maximum Gasteiger partial charge on any atom is 0.239 e. The SMILES string of the molecule is O=C(CNC(=O)Cc1cccc2ccccc12)NCC1([NH+]2CCCCC2)CCCCC1. The van der Waals surface area contributed by atoms with Crippen LogP contribution in [0, 0.1) is 0 Å².